The van der Waals surface area contributed by atoms with Crippen LogP contribution >= 0.6 is 11.8 Å². The Labute approximate surface area is 247 Å². The number of halogens is 3. The number of hydrogen-bond acceptors (Lipinski definition) is 8. The van der Waals surface area contributed by atoms with E-state index in [4.69, 9.17) is 4.74 Å². The van der Waals surface area contributed by atoms with Gasteiger partial charge in [-0.1, -0.05) is 42.1 Å². The van der Waals surface area contributed by atoms with Crippen LogP contribution in [0.3, 0.4) is 0 Å². The third-order valence-electron chi connectivity index (χ3n) is 5.91. The molecule has 43 heavy (non-hydrogen) atoms. The van der Waals surface area contributed by atoms with Gasteiger partial charge in [0.2, 0.25) is 5.91 Å². The lowest BCUT2D eigenvalue weighted by molar-refractivity contribution is -0.274. The summed E-state index contributed by atoms with van der Waals surface area (Å²) in [4.78, 5) is 34.6. The number of nitrogens with one attached hydrogen (secondary N) is 1. The summed E-state index contributed by atoms with van der Waals surface area (Å²) < 4.78 is 47.8. The van der Waals surface area contributed by atoms with E-state index in [1.807, 2.05) is 13.0 Å². The van der Waals surface area contributed by atoms with E-state index in [0.717, 1.165) is 17.3 Å². The number of benzene rings is 3. The SMILES string of the molecule is COc1ccc(C)cc1N1C(=O)CS/C1=N\C(=O)N/N=C/c1ccc(-c2ncn(-c3ccc(OC(F)(F)F)cc3)n2)cc1. The number of anilines is 1. The number of carbonyl (C=O) groups excluding carboxylic acids is 2. The molecule has 4 aromatic rings. The van der Waals surface area contributed by atoms with Gasteiger partial charge in [-0.25, -0.2) is 19.9 Å². The molecule has 1 N–H and O–H groups in total. The van der Waals surface area contributed by atoms with Crippen molar-refractivity contribution in [2.75, 3.05) is 17.8 Å². The van der Waals surface area contributed by atoms with Crippen LogP contribution in [0.15, 0.2) is 83.2 Å². The van der Waals surface area contributed by atoms with Crippen molar-refractivity contribution < 1.29 is 32.2 Å². The Morgan fingerprint density at radius 2 is 1.84 bits per heavy atom. The molecule has 0 spiro atoms. The lowest BCUT2D eigenvalue weighted by atomic mass is 10.1. The number of thioether (sulfide) groups is 1. The molecule has 3 amide bonds. The molecule has 0 atom stereocenters. The van der Waals surface area contributed by atoms with Gasteiger partial charge in [0.25, 0.3) is 0 Å². The summed E-state index contributed by atoms with van der Waals surface area (Å²) >= 11 is 1.14. The van der Waals surface area contributed by atoms with Crippen molar-refractivity contribution in [2.24, 2.45) is 10.1 Å². The molecule has 11 nitrogen and oxygen atoms in total. The number of amidine groups is 1. The molecule has 5 rings (SSSR count). The first-order valence-corrected chi connectivity index (χ1v) is 13.5. The fourth-order valence-corrected chi connectivity index (χ4v) is 4.83. The number of nitrogens with zero attached hydrogens (tertiary/aromatic N) is 6. The monoisotopic (exact) mass is 609 g/mol. The van der Waals surface area contributed by atoms with E-state index in [1.165, 1.54) is 53.5 Å². The Hall–Kier alpha value is -5.18. The van der Waals surface area contributed by atoms with Crippen molar-refractivity contribution in [3.05, 3.63) is 84.2 Å². The van der Waals surface area contributed by atoms with Crippen LogP contribution in [-0.2, 0) is 4.79 Å². The number of aliphatic imine (C=N–C) groups is 1. The first-order chi connectivity index (χ1) is 20.6. The van der Waals surface area contributed by atoms with Crippen molar-refractivity contribution in [1.82, 2.24) is 20.2 Å². The first kappa shape index (κ1) is 29.3. The zero-order chi connectivity index (χ0) is 30.6. The van der Waals surface area contributed by atoms with Crippen LogP contribution in [0.5, 0.6) is 11.5 Å². The van der Waals surface area contributed by atoms with Gasteiger partial charge >= 0.3 is 12.4 Å². The predicted octanol–water partition coefficient (Wildman–Crippen LogP) is 5.33. The lowest BCUT2D eigenvalue weighted by Crippen LogP contribution is -2.31. The Morgan fingerprint density at radius 3 is 2.53 bits per heavy atom. The highest BCUT2D eigenvalue weighted by Crippen LogP contribution is 2.35. The van der Waals surface area contributed by atoms with Gasteiger partial charge in [-0.15, -0.1) is 18.3 Å². The summed E-state index contributed by atoms with van der Waals surface area (Å²) in [6.45, 7) is 1.88. The molecule has 2 heterocycles. The van der Waals surface area contributed by atoms with Crippen LogP contribution in [0, 0.1) is 6.92 Å². The molecule has 0 aliphatic carbocycles. The third-order valence-corrected chi connectivity index (χ3v) is 6.83. The number of amides is 3. The van der Waals surface area contributed by atoms with Gasteiger partial charge in [-0.05, 0) is 54.4 Å². The standard InChI is InChI=1S/C28H22F3N7O4S/c1-17-3-12-23(41-2)22(13-17)38-24(39)15-43-27(38)34-26(40)35-33-14-18-4-6-19(7-5-18)25-32-16-37(36-25)20-8-10-21(11-9-20)42-28(29,30)31/h3-14,16H,15H2,1-2H3,(H,35,40)/b33-14+,34-27-. The number of aromatic nitrogens is 3. The molecule has 0 saturated carbocycles. The second-order valence-corrected chi connectivity index (χ2v) is 9.88. The highest BCUT2D eigenvalue weighted by Gasteiger charge is 2.33. The number of ether oxygens (including phenoxy) is 2. The Morgan fingerprint density at radius 1 is 1.09 bits per heavy atom. The van der Waals surface area contributed by atoms with Gasteiger partial charge in [0.05, 0.1) is 30.5 Å². The summed E-state index contributed by atoms with van der Waals surface area (Å²) in [6, 6.07) is 16.8. The Kier molecular flexibility index (Phi) is 8.43. The average molecular weight is 610 g/mol. The van der Waals surface area contributed by atoms with Crippen LogP contribution in [0.4, 0.5) is 23.7 Å². The number of urea groups is 1. The van der Waals surface area contributed by atoms with Crippen LogP contribution in [0.2, 0.25) is 0 Å². The van der Waals surface area contributed by atoms with Crippen LogP contribution in [0.1, 0.15) is 11.1 Å². The fourth-order valence-electron chi connectivity index (χ4n) is 3.97. The molecule has 1 aliphatic rings. The van der Waals surface area contributed by atoms with E-state index in [1.54, 1.807) is 36.4 Å². The predicted molar refractivity (Wildman–Crippen MR) is 155 cm³/mol. The minimum atomic E-state index is -4.77. The zero-order valence-electron chi connectivity index (χ0n) is 22.6. The number of alkyl halides is 3. The maximum absolute atomic E-state index is 12.6. The molecule has 3 aromatic carbocycles. The molecule has 0 bridgehead atoms. The number of hydrazone groups is 1. The van der Waals surface area contributed by atoms with Crippen molar-refractivity contribution in [1.29, 1.82) is 0 Å². The number of hydrogen-bond donors (Lipinski definition) is 1. The highest BCUT2D eigenvalue weighted by atomic mass is 32.2. The second-order valence-electron chi connectivity index (χ2n) is 8.94. The third kappa shape index (κ3) is 7.19. The van der Waals surface area contributed by atoms with Crippen LogP contribution < -0.4 is 19.8 Å². The molecule has 0 radical (unpaired) electrons. The summed E-state index contributed by atoms with van der Waals surface area (Å²) in [7, 11) is 1.50. The summed E-state index contributed by atoms with van der Waals surface area (Å²) in [5, 5.41) is 8.52. The molecular formula is C28H22F3N7O4S. The first-order valence-electron chi connectivity index (χ1n) is 12.5. The van der Waals surface area contributed by atoms with Crippen molar-refractivity contribution in [2.45, 2.75) is 13.3 Å². The molecule has 0 unspecified atom stereocenters. The molecule has 1 saturated heterocycles. The smallest absolute Gasteiger partial charge is 0.495 e. The lowest BCUT2D eigenvalue weighted by Gasteiger charge is -2.19. The minimum absolute atomic E-state index is 0.134. The Balaban J connectivity index is 1.21. The highest BCUT2D eigenvalue weighted by molar-refractivity contribution is 8.15. The molecule has 1 aromatic heterocycles. The largest absolute Gasteiger partial charge is 0.573 e. The van der Waals surface area contributed by atoms with Crippen molar-refractivity contribution in [3.8, 4) is 28.6 Å². The van der Waals surface area contributed by atoms with E-state index < -0.39 is 12.4 Å². The minimum Gasteiger partial charge on any atom is -0.495 e. The van der Waals surface area contributed by atoms with E-state index in [9.17, 15) is 22.8 Å². The number of carbonyl (C=O) groups is 2. The van der Waals surface area contributed by atoms with Crippen molar-refractivity contribution in [3.63, 3.8) is 0 Å². The summed E-state index contributed by atoms with van der Waals surface area (Å²) in [5.41, 5.74) is 5.58. The Bertz CT molecular complexity index is 1700. The van der Waals surface area contributed by atoms with E-state index >= 15 is 0 Å². The van der Waals surface area contributed by atoms with Gasteiger partial charge in [0, 0.05) is 5.56 Å². The number of methoxy groups -OCH3 is 1. The second kappa shape index (κ2) is 12.4. The molecule has 1 fully saturated rings. The van der Waals surface area contributed by atoms with Gasteiger partial charge in [0.15, 0.2) is 11.0 Å². The van der Waals surface area contributed by atoms with E-state index in [0.29, 0.717) is 34.1 Å². The molecule has 15 heteroatoms. The van der Waals surface area contributed by atoms with Crippen LogP contribution in [0.25, 0.3) is 17.1 Å². The number of aryl methyl sites for hydroxylation is 1. The van der Waals surface area contributed by atoms with Crippen molar-refractivity contribution >= 4 is 40.8 Å². The van der Waals surface area contributed by atoms with Crippen LogP contribution in [-0.4, -0.2) is 57.3 Å². The van der Waals surface area contributed by atoms with Gasteiger partial charge in [-0.2, -0.15) is 10.1 Å². The topological polar surface area (TPSA) is 123 Å². The quantitative estimate of drug-likeness (QED) is 0.222. The summed E-state index contributed by atoms with van der Waals surface area (Å²) in [5.74, 6) is 0.440. The van der Waals surface area contributed by atoms with Gasteiger partial charge in [0.1, 0.15) is 17.8 Å². The number of rotatable bonds is 7. The average Bonchev–Trinajstić information content (AvgIpc) is 3.60. The fraction of sp³-hybridized carbons (Fsp3) is 0.143. The summed E-state index contributed by atoms with van der Waals surface area (Å²) in [6.07, 6.45) is -1.91. The maximum Gasteiger partial charge on any atom is 0.573 e. The molecule has 220 valence electrons. The van der Waals surface area contributed by atoms with E-state index in [2.05, 4.69) is 30.3 Å². The molecule has 1 aliphatic heterocycles. The van der Waals surface area contributed by atoms with E-state index in [-0.39, 0.29) is 22.6 Å². The molecular weight excluding hydrogens is 587 g/mol. The van der Waals surface area contributed by atoms with Gasteiger partial charge in [-0.3, -0.25) is 9.69 Å². The normalized spacial score (nSPS) is 14.5. The maximum atomic E-state index is 12.6. The van der Waals surface area contributed by atoms with Gasteiger partial charge < -0.3 is 9.47 Å². The zero-order valence-corrected chi connectivity index (χ0v) is 23.4.